The Kier molecular flexibility index (Phi) is 3.78. The van der Waals surface area contributed by atoms with Gasteiger partial charge in [-0.1, -0.05) is 6.92 Å². The average Bonchev–Trinajstić information content (AvgIpc) is 2.30. The van der Waals surface area contributed by atoms with Crippen molar-refractivity contribution in [1.82, 2.24) is 0 Å². The van der Waals surface area contributed by atoms with Gasteiger partial charge < -0.3 is 5.11 Å². The molecule has 4 heteroatoms. The van der Waals surface area contributed by atoms with Gasteiger partial charge >= 0.3 is 0 Å². The smallest absolute Gasteiger partial charge is 0.206 e. The molecule has 16 heavy (non-hydrogen) atoms. The Morgan fingerprint density at radius 2 is 2.00 bits per heavy atom. The quantitative estimate of drug-likeness (QED) is 0.368. The number of rotatable bonds is 3. The van der Waals surface area contributed by atoms with Crippen LogP contribution in [0.4, 0.5) is 4.39 Å². The summed E-state index contributed by atoms with van der Waals surface area (Å²) in [6.07, 6.45) is 0.204. The molecule has 0 bridgehead atoms. The van der Waals surface area contributed by atoms with E-state index in [-0.39, 0.29) is 23.3 Å². The topological polar surface area (TPSA) is 61.1 Å². The summed E-state index contributed by atoms with van der Waals surface area (Å²) in [5.41, 5.74) is -0.118. The van der Waals surface area contributed by atoms with Crippen molar-refractivity contribution in [2.24, 2.45) is 0 Å². The van der Waals surface area contributed by atoms with Crippen LogP contribution in [0.3, 0.4) is 0 Å². The van der Waals surface area contributed by atoms with Crippen LogP contribution in [0, 0.1) is 17.1 Å². The molecule has 0 amide bonds. The van der Waals surface area contributed by atoms with Gasteiger partial charge in [-0.05, 0) is 24.3 Å². The molecule has 0 fully saturated rings. The van der Waals surface area contributed by atoms with Gasteiger partial charge in [0.2, 0.25) is 5.78 Å². The van der Waals surface area contributed by atoms with E-state index in [2.05, 4.69) is 0 Å². The molecule has 1 N–H and O–H groups in total. The van der Waals surface area contributed by atoms with Gasteiger partial charge in [0.15, 0.2) is 0 Å². The highest BCUT2D eigenvalue weighted by Crippen LogP contribution is 2.13. The Morgan fingerprint density at radius 3 is 2.44 bits per heavy atom. The Hall–Kier alpha value is -2.15. The number of ketones is 1. The number of nitriles is 1. The summed E-state index contributed by atoms with van der Waals surface area (Å²) in [7, 11) is 0. The van der Waals surface area contributed by atoms with Crippen molar-refractivity contribution in [3.05, 3.63) is 47.0 Å². The lowest BCUT2D eigenvalue weighted by Crippen LogP contribution is -2.05. The second-order valence-corrected chi connectivity index (χ2v) is 3.12. The van der Waals surface area contributed by atoms with Crippen LogP contribution in [0.5, 0.6) is 0 Å². The Labute approximate surface area is 92.4 Å². The number of nitrogens with zero attached hydrogens (tertiary/aromatic N) is 1. The fraction of sp³-hybridized carbons (Fsp3) is 0.167. The summed E-state index contributed by atoms with van der Waals surface area (Å²) >= 11 is 0. The van der Waals surface area contributed by atoms with Gasteiger partial charge in [0.1, 0.15) is 23.2 Å². The largest absolute Gasteiger partial charge is 0.511 e. The summed E-state index contributed by atoms with van der Waals surface area (Å²) in [5, 5.41) is 18.1. The van der Waals surface area contributed by atoms with Crippen LogP contribution in [0.15, 0.2) is 35.6 Å². The molecule has 0 unspecified atom stereocenters. The number of halogens is 1. The molecule has 0 atom stereocenters. The minimum Gasteiger partial charge on any atom is -0.511 e. The number of hydrogen-bond donors (Lipinski definition) is 1. The minimum atomic E-state index is -0.596. The summed E-state index contributed by atoms with van der Waals surface area (Å²) in [4.78, 5) is 11.7. The zero-order valence-electron chi connectivity index (χ0n) is 8.70. The van der Waals surface area contributed by atoms with Crippen LogP contribution in [0.2, 0.25) is 0 Å². The minimum absolute atomic E-state index is 0.179. The molecule has 0 radical (unpaired) electrons. The van der Waals surface area contributed by atoms with Gasteiger partial charge in [-0.15, -0.1) is 0 Å². The highest BCUT2D eigenvalue weighted by atomic mass is 19.1. The molecule has 0 aliphatic rings. The number of carbonyl (C=O) groups is 1. The third-order valence-electron chi connectivity index (χ3n) is 2.07. The second kappa shape index (κ2) is 5.08. The lowest BCUT2D eigenvalue weighted by molar-refractivity contribution is 0.103. The molecular weight excluding hydrogens is 209 g/mol. The van der Waals surface area contributed by atoms with Crippen LogP contribution >= 0.6 is 0 Å². The molecule has 0 heterocycles. The first kappa shape index (κ1) is 11.9. The van der Waals surface area contributed by atoms with Crippen molar-refractivity contribution in [3.8, 4) is 6.07 Å². The van der Waals surface area contributed by atoms with E-state index in [1.165, 1.54) is 12.1 Å². The first-order chi connectivity index (χ1) is 7.60. The highest BCUT2D eigenvalue weighted by molar-refractivity contribution is 6.11. The zero-order chi connectivity index (χ0) is 12.1. The average molecular weight is 219 g/mol. The molecule has 0 saturated carbocycles. The molecular formula is C12H10FNO2. The molecule has 1 aromatic carbocycles. The molecule has 0 aromatic heterocycles. The van der Waals surface area contributed by atoms with E-state index in [0.29, 0.717) is 0 Å². The van der Waals surface area contributed by atoms with E-state index >= 15 is 0 Å². The molecule has 0 saturated heterocycles. The Balaban J connectivity index is 3.12. The standard InChI is InChI=1S/C12H10FNO2/c1-2-11(15)10(7-14)12(16)8-3-5-9(13)6-4-8/h3-6,15H,2H2,1H3/b11-10+. The maximum absolute atomic E-state index is 12.6. The van der Waals surface area contributed by atoms with E-state index in [1.54, 1.807) is 13.0 Å². The molecule has 1 aromatic rings. The second-order valence-electron chi connectivity index (χ2n) is 3.12. The number of aliphatic hydroxyl groups excluding tert-OH is 1. The van der Waals surface area contributed by atoms with Crippen molar-refractivity contribution in [2.45, 2.75) is 13.3 Å². The lowest BCUT2D eigenvalue weighted by atomic mass is 10.0. The maximum Gasteiger partial charge on any atom is 0.206 e. The third kappa shape index (κ3) is 2.45. The van der Waals surface area contributed by atoms with E-state index in [4.69, 9.17) is 5.26 Å². The van der Waals surface area contributed by atoms with Crippen molar-refractivity contribution in [2.75, 3.05) is 0 Å². The van der Waals surface area contributed by atoms with Crippen LogP contribution in [0.1, 0.15) is 23.7 Å². The molecule has 0 aliphatic heterocycles. The number of benzene rings is 1. The molecule has 0 spiro atoms. The van der Waals surface area contributed by atoms with Crippen molar-refractivity contribution >= 4 is 5.78 Å². The van der Waals surface area contributed by atoms with E-state index in [0.717, 1.165) is 12.1 Å². The van der Waals surface area contributed by atoms with Gasteiger partial charge in [-0.2, -0.15) is 5.26 Å². The maximum atomic E-state index is 12.6. The van der Waals surface area contributed by atoms with E-state index in [9.17, 15) is 14.3 Å². The molecule has 1 rings (SSSR count). The Bertz CT molecular complexity index is 469. The van der Waals surface area contributed by atoms with Gasteiger partial charge in [0.05, 0.1) is 0 Å². The first-order valence-corrected chi connectivity index (χ1v) is 4.72. The number of hydrogen-bond acceptors (Lipinski definition) is 3. The normalized spacial score (nSPS) is 11.6. The number of carbonyl (C=O) groups excluding carboxylic acids is 1. The Morgan fingerprint density at radius 1 is 1.44 bits per heavy atom. The molecule has 82 valence electrons. The fourth-order valence-electron chi connectivity index (χ4n) is 1.17. The van der Waals surface area contributed by atoms with Crippen molar-refractivity contribution in [3.63, 3.8) is 0 Å². The summed E-state index contributed by atoms with van der Waals surface area (Å²) in [6.45, 7) is 1.63. The third-order valence-corrected chi connectivity index (χ3v) is 2.07. The predicted molar refractivity (Wildman–Crippen MR) is 56.3 cm³/mol. The van der Waals surface area contributed by atoms with Crippen LogP contribution in [0.25, 0.3) is 0 Å². The lowest BCUT2D eigenvalue weighted by Gasteiger charge is -2.01. The van der Waals surface area contributed by atoms with E-state index in [1.807, 2.05) is 0 Å². The van der Waals surface area contributed by atoms with E-state index < -0.39 is 11.6 Å². The monoisotopic (exact) mass is 219 g/mol. The SMILES string of the molecule is CC/C(O)=C(/C#N)C(=O)c1ccc(F)cc1. The van der Waals surface area contributed by atoms with Crippen LogP contribution in [-0.2, 0) is 0 Å². The van der Waals surface area contributed by atoms with Crippen LogP contribution in [-0.4, -0.2) is 10.9 Å². The highest BCUT2D eigenvalue weighted by Gasteiger charge is 2.15. The van der Waals surface area contributed by atoms with Gasteiger partial charge in [0.25, 0.3) is 0 Å². The van der Waals surface area contributed by atoms with Crippen molar-refractivity contribution < 1.29 is 14.3 Å². The zero-order valence-corrected chi connectivity index (χ0v) is 8.70. The number of aliphatic hydroxyl groups is 1. The fourth-order valence-corrected chi connectivity index (χ4v) is 1.17. The first-order valence-electron chi connectivity index (χ1n) is 4.72. The van der Waals surface area contributed by atoms with Gasteiger partial charge in [-0.3, -0.25) is 4.79 Å². The number of Topliss-reactive ketones (excluding diaryl/α,β-unsaturated/α-hetero) is 1. The molecule has 0 aliphatic carbocycles. The predicted octanol–water partition coefficient (Wildman–Crippen LogP) is 2.75. The van der Waals surface area contributed by atoms with Crippen molar-refractivity contribution in [1.29, 1.82) is 5.26 Å². The van der Waals surface area contributed by atoms with Gasteiger partial charge in [-0.25, -0.2) is 4.39 Å². The van der Waals surface area contributed by atoms with Crippen LogP contribution < -0.4 is 0 Å². The molecule has 3 nitrogen and oxygen atoms in total. The summed E-state index contributed by atoms with van der Waals surface area (Å²) in [5.74, 6) is -1.31. The number of allylic oxidation sites excluding steroid dienone is 2. The summed E-state index contributed by atoms with van der Waals surface area (Å²) in [6, 6.07) is 6.46. The van der Waals surface area contributed by atoms with Gasteiger partial charge in [0, 0.05) is 12.0 Å². The summed E-state index contributed by atoms with van der Waals surface area (Å²) < 4.78 is 12.6.